The highest BCUT2D eigenvalue weighted by molar-refractivity contribution is 5.87. The number of halogens is 22. The van der Waals surface area contributed by atoms with Gasteiger partial charge in [-0.3, -0.25) is 4.98 Å². The summed E-state index contributed by atoms with van der Waals surface area (Å²) in [6, 6.07) is 23.1. The largest absolute Gasteiger partial charge is 0.259 e. The van der Waals surface area contributed by atoms with Crippen LogP contribution in [0.15, 0.2) is 91.1 Å². The van der Waals surface area contributed by atoms with Crippen molar-refractivity contribution in [2.75, 3.05) is 0 Å². The van der Waals surface area contributed by atoms with E-state index in [4.69, 9.17) is 11.8 Å². The lowest BCUT2D eigenvalue weighted by Crippen LogP contribution is -2.19. The number of nitriles is 1. The Morgan fingerprint density at radius 1 is 0.279 bits per heavy atom. The number of nitrogens with zero attached hydrogens (tertiary/aromatic N) is 3. The standard InChI is InChI=1S/C15H12F6.2C11H12F4.3C11H14F2.C11H12FN.C11H15F.C10H12N2.2CH4/c1-5-9(16)6-7(12(19)10(5)17)11(18)8(15(2,3)4)14(21)13(6)20;1-5-7(12)9(14)6(11(2,3)4)10(15)8(5)13;1-5-7(12)6(11(2,3)4)9(14)10(15)8(5)13;1-7-5-10(13)8(6-9(7)12)11(2,3)4;1-7-5-8(11(2,3)4)10(13)6-9(7)12;1-7-5-8(12)10(9(13)6-7)11(2,3)4;1-11(2,3)9-6-5-8(12)7-10(9)13-4;1-8-5-9(11(2,3)4)7-10(12)6-8;1-10(2,3)9-5-4-8(6-11)7-12-9;;/h1-4H3;2*1-4H3;3*5-6H,1-4H3;5-7H,1-3H3;5-7H,1-4H3;4-5,7H,1-3H3;2*1H4. The third kappa shape index (κ3) is 31.8. The van der Waals surface area contributed by atoms with Gasteiger partial charge in [-0.25, -0.2) is 101 Å². The van der Waals surface area contributed by atoms with Crippen LogP contribution in [0.5, 0.6) is 0 Å². The Labute approximate surface area is 750 Å². The van der Waals surface area contributed by atoms with Gasteiger partial charge in [0.15, 0.2) is 69.7 Å². The third-order valence-corrected chi connectivity index (χ3v) is 19.3. The molecule has 710 valence electrons. The number of aryl methyl sites for hydroxylation is 4. The van der Waals surface area contributed by atoms with E-state index in [9.17, 15) is 96.6 Å². The maximum absolute atomic E-state index is 14.4. The molecule has 129 heavy (non-hydrogen) atoms. The topological polar surface area (TPSA) is 41.0 Å². The molecule has 10 rings (SSSR count). The zero-order chi connectivity index (χ0) is 99.5. The normalized spacial score (nSPS) is 11.6. The van der Waals surface area contributed by atoms with E-state index >= 15 is 0 Å². The van der Waals surface area contributed by atoms with E-state index in [0.717, 1.165) is 49.2 Å². The van der Waals surface area contributed by atoms with E-state index < -0.39 is 171 Å². The molecule has 1 heterocycles. The minimum atomic E-state index is -1.73. The van der Waals surface area contributed by atoms with E-state index in [2.05, 4.69) is 51.4 Å². The minimum Gasteiger partial charge on any atom is -0.259 e. The number of aromatic nitrogens is 1. The predicted molar refractivity (Wildman–Crippen MR) is 478 cm³/mol. The Kier molecular flexibility index (Phi) is 42.0. The summed E-state index contributed by atoms with van der Waals surface area (Å²) in [7, 11) is 0. The van der Waals surface area contributed by atoms with Crippen LogP contribution in [-0.4, -0.2) is 4.98 Å². The average Bonchev–Trinajstić information content (AvgIpc) is 0.727. The smallest absolute Gasteiger partial charge is 0.195 e. The van der Waals surface area contributed by atoms with Gasteiger partial charge in [-0.05, 0) is 203 Å². The molecule has 0 bridgehead atoms. The highest BCUT2D eigenvalue weighted by atomic mass is 19.2. The minimum absolute atomic E-state index is 0. The number of pyridine rings is 1. The Hall–Kier alpha value is -10.2. The Balaban J connectivity index is 0.00000143. The van der Waals surface area contributed by atoms with Gasteiger partial charge >= 0.3 is 0 Å². The molecular formula is C104H125F22N3. The van der Waals surface area contributed by atoms with Crippen LogP contribution in [0, 0.1) is 194 Å². The van der Waals surface area contributed by atoms with Gasteiger partial charge in [0.2, 0.25) is 0 Å². The first kappa shape index (κ1) is 119. The maximum Gasteiger partial charge on any atom is 0.195 e. The van der Waals surface area contributed by atoms with E-state index in [1.165, 1.54) is 98.7 Å². The van der Waals surface area contributed by atoms with Crippen LogP contribution < -0.4 is 0 Å². The first-order valence-corrected chi connectivity index (χ1v) is 40.2. The molecule has 0 spiro atoms. The van der Waals surface area contributed by atoms with Crippen molar-refractivity contribution in [3.63, 3.8) is 0 Å². The van der Waals surface area contributed by atoms with Crippen LogP contribution in [-0.2, 0) is 48.7 Å². The monoisotopic (exact) mass is 1830 g/mol. The van der Waals surface area contributed by atoms with Gasteiger partial charge in [-0.1, -0.05) is 214 Å². The van der Waals surface area contributed by atoms with E-state index in [0.29, 0.717) is 39.1 Å². The highest BCUT2D eigenvalue weighted by Gasteiger charge is 2.36. The van der Waals surface area contributed by atoms with Crippen LogP contribution in [0.3, 0.4) is 0 Å². The van der Waals surface area contributed by atoms with Crippen molar-refractivity contribution in [2.24, 2.45) is 0 Å². The highest BCUT2D eigenvalue weighted by Crippen LogP contribution is 2.41. The molecule has 0 radical (unpaired) electrons. The van der Waals surface area contributed by atoms with Crippen molar-refractivity contribution in [3.8, 4) is 6.07 Å². The predicted octanol–water partition coefficient (Wildman–Crippen LogP) is 34.3. The molecule has 0 saturated carbocycles. The SMILES string of the molecule is C.C.CC(C)(C)c1ccc(C#N)cn1.Cc1c(F)c(F)c(C(C)(C)C)c(F)c1F.Cc1c(F)c(F)c(F)c(C(C)(C)C)c1F.Cc1c(F)c(F)c2c(F)c(C(C)(C)C)c(F)c(F)c2c1F.Cc1cc(C(C)(C)C)c(F)cc1F.Cc1cc(F)c(C(C)(C)C)c(F)c1.Cc1cc(F)c(C(C)(C)C)cc1F.Cc1cc(F)cc(C(C)(C)C)c1.[C-]#[N+]c1cc(F)ccc1C(C)(C)C. The summed E-state index contributed by atoms with van der Waals surface area (Å²) >= 11 is 0. The van der Waals surface area contributed by atoms with E-state index in [-0.39, 0.29) is 70.8 Å². The van der Waals surface area contributed by atoms with Crippen LogP contribution in [0.2, 0.25) is 0 Å². The molecule has 0 aliphatic rings. The number of rotatable bonds is 0. The van der Waals surface area contributed by atoms with E-state index in [1.807, 2.05) is 87.4 Å². The van der Waals surface area contributed by atoms with Crippen molar-refractivity contribution in [1.29, 1.82) is 5.26 Å². The Morgan fingerprint density at radius 3 is 1.02 bits per heavy atom. The molecule has 3 nitrogen and oxygen atoms in total. The molecular weight excluding hydrogens is 1710 g/mol. The lowest BCUT2D eigenvalue weighted by Gasteiger charge is -2.22. The van der Waals surface area contributed by atoms with Gasteiger partial charge in [-0.15, -0.1) is 0 Å². The summed E-state index contributed by atoms with van der Waals surface area (Å²) in [5.41, 5.74) is -0.308. The molecule has 0 amide bonds. The van der Waals surface area contributed by atoms with Crippen LogP contribution in [0.25, 0.3) is 15.6 Å². The molecule has 0 unspecified atom stereocenters. The fourth-order valence-electron chi connectivity index (χ4n) is 12.3. The molecule has 0 saturated heterocycles. The summed E-state index contributed by atoms with van der Waals surface area (Å²) in [6.07, 6.45) is 1.61. The van der Waals surface area contributed by atoms with Crippen molar-refractivity contribution >= 4 is 16.5 Å². The molecule has 0 N–H and O–H groups in total. The number of hydrogen-bond acceptors (Lipinski definition) is 2. The third-order valence-electron chi connectivity index (χ3n) is 19.3. The molecule has 25 heteroatoms. The first-order valence-electron chi connectivity index (χ1n) is 40.2. The molecule has 0 atom stereocenters. The summed E-state index contributed by atoms with van der Waals surface area (Å²) in [6.45, 7) is 65.1. The van der Waals surface area contributed by atoms with Gasteiger partial charge in [0.25, 0.3) is 0 Å². The van der Waals surface area contributed by atoms with Gasteiger partial charge in [-0.2, -0.15) is 5.26 Å². The molecule has 0 fully saturated rings. The van der Waals surface area contributed by atoms with Crippen molar-refractivity contribution < 1.29 is 96.6 Å². The fraction of sp³-hybridized carbons (Fsp3) is 0.433. The number of hydrogen-bond donors (Lipinski definition) is 0. The summed E-state index contributed by atoms with van der Waals surface area (Å²) in [5.74, 6) is -23.5. The van der Waals surface area contributed by atoms with Gasteiger partial charge in [0.05, 0.1) is 22.9 Å². The quantitative estimate of drug-likeness (QED) is 0.0657. The van der Waals surface area contributed by atoms with Crippen LogP contribution in [0.4, 0.5) is 102 Å². The maximum atomic E-state index is 14.4. The fourth-order valence-corrected chi connectivity index (χ4v) is 12.3. The van der Waals surface area contributed by atoms with Gasteiger partial charge in [0.1, 0.15) is 70.1 Å². The van der Waals surface area contributed by atoms with Crippen LogP contribution in [0.1, 0.15) is 297 Å². The van der Waals surface area contributed by atoms with E-state index in [1.54, 1.807) is 78.1 Å². The molecule has 1 aromatic heterocycles. The van der Waals surface area contributed by atoms with Gasteiger partial charge in [0, 0.05) is 62.3 Å². The summed E-state index contributed by atoms with van der Waals surface area (Å²) in [5, 5.41) is 6.12. The molecule has 10 aromatic rings. The second kappa shape index (κ2) is 45.6. The molecule has 0 aliphatic carbocycles. The second-order valence-corrected chi connectivity index (χ2v) is 40.0. The van der Waals surface area contributed by atoms with Crippen molar-refractivity contribution in [2.45, 2.75) is 299 Å². The lowest BCUT2D eigenvalue weighted by molar-refractivity contribution is 0.395. The first-order chi connectivity index (χ1) is 57.2. The summed E-state index contributed by atoms with van der Waals surface area (Å²) < 4.78 is 295. The molecule has 9 aromatic carbocycles. The Bertz CT molecular complexity index is 5400. The number of fused-ring (bicyclic) bond motifs is 1. The average molecular weight is 1840 g/mol. The van der Waals surface area contributed by atoms with Crippen molar-refractivity contribution in [3.05, 3.63) is 325 Å². The lowest BCUT2D eigenvalue weighted by atomic mass is 9.84. The van der Waals surface area contributed by atoms with Crippen molar-refractivity contribution in [1.82, 2.24) is 4.98 Å². The zero-order valence-electron chi connectivity index (χ0n) is 78.8. The van der Waals surface area contributed by atoms with Crippen LogP contribution >= 0.6 is 0 Å². The number of benzene rings is 9. The zero-order valence-corrected chi connectivity index (χ0v) is 78.8. The summed E-state index contributed by atoms with van der Waals surface area (Å²) in [4.78, 5) is 7.51. The second-order valence-electron chi connectivity index (χ2n) is 40.0. The molecule has 0 aliphatic heterocycles. The van der Waals surface area contributed by atoms with Gasteiger partial charge < -0.3 is 0 Å². The Morgan fingerprint density at radius 2 is 0.628 bits per heavy atom.